The van der Waals surface area contributed by atoms with E-state index in [1.54, 1.807) is 12.1 Å². The molecule has 3 rings (SSSR count). The molecule has 0 fully saturated rings. The lowest BCUT2D eigenvalue weighted by Gasteiger charge is -2.11. The highest BCUT2D eigenvalue weighted by molar-refractivity contribution is 6.09. The van der Waals surface area contributed by atoms with Crippen molar-refractivity contribution >= 4 is 22.7 Å². The first-order chi connectivity index (χ1) is 13.6. The zero-order chi connectivity index (χ0) is 20.1. The lowest BCUT2D eigenvalue weighted by atomic mass is 9.93. The van der Waals surface area contributed by atoms with E-state index in [-0.39, 0.29) is 17.7 Å². The third kappa shape index (κ3) is 3.99. The Hall–Kier alpha value is -2.92. The summed E-state index contributed by atoms with van der Waals surface area (Å²) in [5.41, 5.74) is 9.15. The second kappa shape index (κ2) is 8.85. The molecular weight excluding hydrogens is 352 g/mol. The number of esters is 1. The Morgan fingerprint density at radius 3 is 2.46 bits per heavy atom. The summed E-state index contributed by atoms with van der Waals surface area (Å²) in [6.45, 7) is 3.04. The van der Waals surface area contributed by atoms with Crippen molar-refractivity contribution < 1.29 is 14.3 Å². The van der Waals surface area contributed by atoms with Crippen LogP contribution in [0.2, 0.25) is 0 Å². The number of benzene rings is 2. The van der Waals surface area contributed by atoms with Crippen LogP contribution in [0.3, 0.4) is 0 Å². The molecule has 0 bridgehead atoms. The predicted octanol–water partition coefficient (Wildman–Crippen LogP) is 4.03. The smallest absolute Gasteiger partial charge is 0.337 e. The van der Waals surface area contributed by atoms with Gasteiger partial charge in [0.2, 0.25) is 0 Å². The summed E-state index contributed by atoms with van der Waals surface area (Å²) in [4.78, 5) is 24.7. The van der Waals surface area contributed by atoms with Crippen molar-refractivity contribution in [3.63, 3.8) is 0 Å². The monoisotopic (exact) mass is 378 g/mol. The lowest BCUT2D eigenvalue weighted by molar-refractivity contribution is 0.0600. The Bertz CT molecular complexity index is 973. The van der Waals surface area contributed by atoms with Gasteiger partial charge in [0.1, 0.15) is 0 Å². The number of ether oxygens (including phenoxy) is 1. The van der Waals surface area contributed by atoms with E-state index in [9.17, 15) is 9.59 Å². The Balaban J connectivity index is 1.94. The van der Waals surface area contributed by atoms with E-state index in [1.165, 1.54) is 7.11 Å². The zero-order valence-corrected chi connectivity index (χ0v) is 16.4. The first-order valence-electron chi connectivity index (χ1n) is 9.58. The Morgan fingerprint density at radius 1 is 1.11 bits per heavy atom. The summed E-state index contributed by atoms with van der Waals surface area (Å²) in [5, 5.41) is 0.952. The normalized spacial score (nSPS) is 12.1. The van der Waals surface area contributed by atoms with Crippen LogP contribution in [-0.4, -0.2) is 30.0 Å². The maximum atomic E-state index is 13.1. The Morgan fingerprint density at radius 2 is 1.82 bits per heavy atom. The predicted molar refractivity (Wildman–Crippen MR) is 111 cm³/mol. The van der Waals surface area contributed by atoms with Gasteiger partial charge < -0.3 is 15.0 Å². The molecule has 2 aromatic carbocycles. The molecule has 0 aliphatic carbocycles. The second-order valence-electron chi connectivity index (χ2n) is 6.96. The van der Waals surface area contributed by atoms with E-state index in [0.717, 1.165) is 34.9 Å². The van der Waals surface area contributed by atoms with Gasteiger partial charge in [0.15, 0.2) is 5.78 Å². The van der Waals surface area contributed by atoms with Crippen LogP contribution in [0.5, 0.6) is 0 Å². The number of methoxy groups -OCH3 is 1. The molecular formula is C23H26N2O3. The molecule has 3 aromatic rings. The molecule has 0 saturated heterocycles. The fraction of sp³-hybridized carbons (Fsp3) is 0.304. The van der Waals surface area contributed by atoms with Gasteiger partial charge in [-0.05, 0) is 30.2 Å². The van der Waals surface area contributed by atoms with Crippen LogP contribution in [0.4, 0.5) is 0 Å². The number of hydrogen-bond donors (Lipinski definition) is 1. The van der Waals surface area contributed by atoms with Crippen molar-refractivity contribution in [1.82, 2.24) is 4.57 Å². The number of hydrogen-bond acceptors (Lipinski definition) is 4. The number of carbonyl (C=O) groups excluding carboxylic acids is 2. The van der Waals surface area contributed by atoms with Crippen LogP contribution in [0, 0.1) is 5.92 Å². The molecule has 1 heterocycles. The van der Waals surface area contributed by atoms with Gasteiger partial charge in [0.25, 0.3) is 0 Å². The molecule has 1 aromatic heterocycles. The molecule has 0 saturated carbocycles. The largest absolute Gasteiger partial charge is 0.465 e. The molecule has 0 aliphatic rings. The number of nitrogens with zero attached hydrogens (tertiary/aromatic N) is 1. The molecule has 0 amide bonds. The van der Waals surface area contributed by atoms with Crippen LogP contribution in [0.1, 0.15) is 46.0 Å². The minimum absolute atomic E-state index is 0.111. The van der Waals surface area contributed by atoms with E-state index < -0.39 is 0 Å². The van der Waals surface area contributed by atoms with Crippen LogP contribution < -0.4 is 5.73 Å². The topological polar surface area (TPSA) is 74.3 Å². The Kier molecular flexibility index (Phi) is 6.26. The van der Waals surface area contributed by atoms with Crippen molar-refractivity contribution in [2.75, 3.05) is 13.7 Å². The van der Waals surface area contributed by atoms with Gasteiger partial charge in [0, 0.05) is 41.7 Å². The standard InChI is InChI=1S/C23H26N2O3/c1-3-6-18(13-24)22(26)20-15-25(21-8-5-4-7-19(20)21)14-16-9-11-17(12-10-16)23(27)28-2/h4-5,7-12,15,18H,3,6,13-14,24H2,1-2H3. The third-order valence-electron chi connectivity index (χ3n) is 5.07. The molecule has 5 nitrogen and oxygen atoms in total. The molecule has 146 valence electrons. The minimum Gasteiger partial charge on any atom is -0.465 e. The molecule has 2 N–H and O–H groups in total. The summed E-state index contributed by atoms with van der Waals surface area (Å²) in [5.74, 6) is -0.390. The molecule has 0 spiro atoms. The van der Waals surface area contributed by atoms with Gasteiger partial charge in [-0.2, -0.15) is 0 Å². The minimum atomic E-state index is -0.352. The highest BCUT2D eigenvalue weighted by Gasteiger charge is 2.22. The van der Waals surface area contributed by atoms with Crippen molar-refractivity contribution in [1.29, 1.82) is 0 Å². The van der Waals surface area contributed by atoms with Gasteiger partial charge in [0.05, 0.1) is 12.7 Å². The molecule has 0 aliphatic heterocycles. The number of para-hydroxylation sites is 1. The average Bonchev–Trinajstić information content (AvgIpc) is 3.10. The van der Waals surface area contributed by atoms with Crippen LogP contribution in [0.25, 0.3) is 10.9 Å². The summed E-state index contributed by atoms with van der Waals surface area (Å²) in [6, 6.07) is 15.2. The van der Waals surface area contributed by atoms with Crippen LogP contribution in [-0.2, 0) is 11.3 Å². The summed E-state index contributed by atoms with van der Waals surface area (Å²) in [7, 11) is 1.37. The third-order valence-corrected chi connectivity index (χ3v) is 5.07. The highest BCUT2D eigenvalue weighted by Crippen LogP contribution is 2.26. The summed E-state index contributed by atoms with van der Waals surface area (Å²) in [6.07, 6.45) is 3.65. The Labute approximate surface area is 165 Å². The van der Waals surface area contributed by atoms with E-state index in [1.807, 2.05) is 42.6 Å². The molecule has 1 unspecified atom stereocenters. The van der Waals surface area contributed by atoms with Gasteiger partial charge in [-0.3, -0.25) is 4.79 Å². The van der Waals surface area contributed by atoms with Gasteiger partial charge in [-0.25, -0.2) is 4.79 Å². The van der Waals surface area contributed by atoms with E-state index in [4.69, 9.17) is 10.5 Å². The lowest BCUT2D eigenvalue weighted by Crippen LogP contribution is -2.23. The molecule has 5 heteroatoms. The summed E-state index contributed by atoms with van der Waals surface area (Å²) >= 11 is 0. The number of fused-ring (bicyclic) bond motifs is 1. The van der Waals surface area contributed by atoms with Crippen molar-refractivity contribution in [3.8, 4) is 0 Å². The average molecular weight is 378 g/mol. The first-order valence-corrected chi connectivity index (χ1v) is 9.58. The maximum absolute atomic E-state index is 13.1. The van der Waals surface area contributed by atoms with Crippen molar-refractivity contribution in [2.24, 2.45) is 11.7 Å². The molecule has 0 radical (unpaired) electrons. The zero-order valence-electron chi connectivity index (χ0n) is 16.4. The van der Waals surface area contributed by atoms with Gasteiger partial charge >= 0.3 is 5.97 Å². The fourth-order valence-electron chi connectivity index (χ4n) is 3.56. The van der Waals surface area contributed by atoms with Crippen molar-refractivity contribution in [2.45, 2.75) is 26.3 Å². The number of aromatic nitrogens is 1. The number of ketones is 1. The van der Waals surface area contributed by atoms with Gasteiger partial charge in [-0.1, -0.05) is 43.7 Å². The summed E-state index contributed by atoms with van der Waals surface area (Å²) < 4.78 is 6.82. The number of Topliss-reactive ketones (excluding diaryl/α,β-unsaturated/α-hetero) is 1. The van der Waals surface area contributed by atoms with Gasteiger partial charge in [-0.15, -0.1) is 0 Å². The number of rotatable bonds is 8. The van der Waals surface area contributed by atoms with E-state index in [0.29, 0.717) is 18.7 Å². The highest BCUT2D eigenvalue weighted by atomic mass is 16.5. The molecule has 1 atom stereocenters. The van der Waals surface area contributed by atoms with Crippen LogP contribution in [0.15, 0.2) is 54.7 Å². The van der Waals surface area contributed by atoms with Crippen LogP contribution >= 0.6 is 0 Å². The quantitative estimate of drug-likeness (QED) is 0.474. The van der Waals surface area contributed by atoms with Crippen molar-refractivity contribution in [3.05, 3.63) is 71.4 Å². The maximum Gasteiger partial charge on any atom is 0.337 e. The second-order valence-corrected chi connectivity index (χ2v) is 6.96. The fourth-order valence-corrected chi connectivity index (χ4v) is 3.56. The SMILES string of the molecule is CCCC(CN)C(=O)c1cn(Cc2ccc(C(=O)OC)cc2)c2ccccc12. The van der Waals surface area contributed by atoms with E-state index >= 15 is 0 Å². The van der Waals surface area contributed by atoms with E-state index in [2.05, 4.69) is 11.5 Å². The number of carbonyl (C=O) groups is 2. The first kappa shape index (κ1) is 19.8. The molecule has 28 heavy (non-hydrogen) atoms. The number of nitrogens with two attached hydrogens (primary N) is 1.